The summed E-state index contributed by atoms with van der Waals surface area (Å²) in [6, 6.07) is 4.57. The van der Waals surface area contributed by atoms with Gasteiger partial charge in [-0.15, -0.1) is 5.10 Å². The smallest absolute Gasteiger partial charge is 0.386 e. The van der Waals surface area contributed by atoms with Gasteiger partial charge < -0.3 is 119 Å². The maximum Gasteiger partial charge on any atom is 0.386 e. The van der Waals surface area contributed by atoms with Crippen LogP contribution in [0.1, 0.15) is 50.2 Å². The van der Waals surface area contributed by atoms with Crippen molar-refractivity contribution in [2.45, 2.75) is 148 Å². The van der Waals surface area contributed by atoms with Crippen molar-refractivity contribution in [2.75, 3.05) is 74.0 Å². The van der Waals surface area contributed by atoms with Crippen molar-refractivity contribution in [3.8, 4) is 0 Å². The Kier molecular flexibility index (Phi) is 25.7. The second-order valence-electron chi connectivity index (χ2n) is 30.3. The molecule has 21 rings (SSSR count). The predicted octanol–water partition coefficient (Wildman–Crippen LogP) is 1.67. The minimum absolute atomic E-state index is 0.0158. The molecule has 12 aromatic heterocycles. The van der Waals surface area contributed by atoms with Crippen molar-refractivity contribution in [3.63, 3.8) is 0 Å². The summed E-state index contributed by atoms with van der Waals surface area (Å²) in [4.78, 5) is 144. The van der Waals surface area contributed by atoms with Crippen molar-refractivity contribution in [1.29, 1.82) is 0 Å². The maximum absolute atomic E-state index is 16.0. The molecule has 21 heterocycles. The van der Waals surface area contributed by atoms with E-state index in [4.69, 9.17) is 176 Å². The van der Waals surface area contributed by atoms with E-state index < -0.39 is 219 Å². The molecule has 0 radical (unpaired) electrons. The number of nitrogens with zero attached hydrogens (tertiary/aromatic N) is 19. The minimum Gasteiger partial charge on any atom is -0.397 e. The molecule has 71 heteroatoms. The van der Waals surface area contributed by atoms with Gasteiger partial charge in [-0.25, -0.2) is 62.0 Å². The van der Waals surface area contributed by atoms with Gasteiger partial charge in [0.1, 0.15) is 72.1 Å². The third-order valence-electron chi connectivity index (χ3n) is 21.7. The zero-order valence-electron chi connectivity index (χ0n) is 66.6. The molecule has 6 bridgehead atoms. The summed E-state index contributed by atoms with van der Waals surface area (Å²) in [7, 11) is 0. The van der Waals surface area contributed by atoms with Gasteiger partial charge in [0.15, 0.2) is 118 Å². The van der Waals surface area contributed by atoms with Gasteiger partial charge in [0.05, 0.1) is 101 Å². The fourth-order valence-corrected chi connectivity index (χ4v) is 24.6. The Hall–Kier alpha value is -7.73. The number of hydrogen-bond donors (Lipinski definition) is 15. The monoisotopic (exact) mass is 2090 g/mol. The number of nitrogens with one attached hydrogen (secondary N) is 3. The number of alkyl halides is 4. The Morgan fingerprint density at radius 2 is 0.699 bits per heavy atom. The van der Waals surface area contributed by atoms with Crippen LogP contribution in [0.15, 0.2) is 82.8 Å². The molecule has 9 fully saturated rings. The van der Waals surface area contributed by atoms with Crippen molar-refractivity contribution in [2.24, 2.45) is 0 Å². The number of aromatic amines is 3. The zero-order valence-corrected chi connectivity index (χ0v) is 76.9. The Balaban J connectivity index is 0.000000129. The predicted molar refractivity (Wildman–Crippen MR) is 468 cm³/mol. The average Bonchev–Trinajstić information content (AvgIpc) is 1.60. The van der Waals surface area contributed by atoms with E-state index in [1.807, 2.05) is 0 Å². The molecule has 12 aromatic rings. The van der Waals surface area contributed by atoms with Crippen LogP contribution in [-0.4, -0.2) is 270 Å². The van der Waals surface area contributed by atoms with Gasteiger partial charge in [0, 0.05) is 31.4 Å². The summed E-state index contributed by atoms with van der Waals surface area (Å²) in [5.74, 6) is -0.580. The fraction of sp³-hybridized carbons (Fsp3) is 0.484. The highest BCUT2D eigenvalue weighted by atomic mass is 32.7. The summed E-state index contributed by atoms with van der Waals surface area (Å²) in [6.07, 6.45) is -20.5. The molecular weight excluding hydrogens is 2020 g/mol. The van der Waals surface area contributed by atoms with E-state index in [9.17, 15) is 43.4 Å². The van der Waals surface area contributed by atoms with E-state index >= 15 is 17.6 Å². The van der Waals surface area contributed by atoms with Crippen LogP contribution in [0.3, 0.4) is 0 Å². The lowest BCUT2D eigenvalue weighted by Crippen LogP contribution is -2.34. The zero-order chi connectivity index (χ0) is 93.8. The lowest BCUT2D eigenvalue weighted by Gasteiger charge is -2.27. The summed E-state index contributed by atoms with van der Waals surface area (Å²) >= 11 is 30.1. The highest BCUT2D eigenvalue weighted by Gasteiger charge is 2.58. The van der Waals surface area contributed by atoms with E-state index in [-0.39, 0.29) is 106 Å². The largest absolute Gasteiger partial charge is 0.397 e. The van der Waals surface area contributed by atoms with Crippen LogP contribution in [0.4, 0.5) is 52.5 Å². The molecule has 714 valence electrons. The standard InChI is InChI=1S/2C21H24FN9O9P2S2.C20H22F2N10O9P2S2/c2*22-12-15-11(38-20(12)30-6-26-13-9(23)1-2-25-16(13)30)5-36-41(33,43)39-10-3-8(4-35-42(34,44)40-15)37-19(10)31-7-27-14-17(31)28-21(24)29-18(14)32;21-9-7-3-36-42(34,44)40-13-8(39-18(10(13)22)32-15-11(29-30-32)6(23)1-2-25-15)4-37-43(35,45)41-14(9)19(38-7)31-5-26-12-16(31)27-20(24)28-17(12)33/h2*1-2,6-8,10-12,15,19-20H,3-5H2,(H2,23,25)(H,33,43)(H,34,44)(H3,24,28,29,32);1-2,5,7-10,13-14,18-19H,3-4H2,(H2,23,25)(H,34,44)(H,35,45)(H3,24,27,28,33)/t8-,10?,11+,12?,15?,19+,20+,41?,42?;8-,10?,11+,12?,15-,19+,20+,41?,42?;7-,8-,9-,10+,13-,14-,18-,19-,42?,43?/m001/s1. The highest BCUT2D eigenvalue weighted by molar-refractivity contribution is 8.44. The third-order valence-corrected chi connectivity index (χ3v) is 31.2. The first-order chi connectivity index (χ1) is 63.1. The average molecular weight is 2090 g/mol. The van der Waals surface area contributed by atoms with Crippen molar-refractivity contribution in [1.82, 2.24) is 108 Å². The Bertz CT molecular complexity index is 6790. The molecule has 0 amide bonds. The first-order valence-electron chi connectivity index (χ1n) is 38.8. The van der Waals surface area contributed by atoms with Gasteiger partial charge in [-0.05, 0) is 77.2 Å². The lowest BCUT2D eigenvalue weighted by molar-refractivity contribution is -0.0617. The first-order valence-corrected chi connectivity index (χ1v) is 54.4. The summed E-state index contributed by atoms with van der Waals surface area (Å²) < 4.78 is 187. The number of imidazole rings is 5. The molecule has 55 nitrogen and oxygen atoms in total. The summed E-state index contributed by atoms with van der Waals surface area (Å²) in [5.41, 5.74) is 35.3. The number of fused-ring (bicyclic) bond motifs is 15. The van der Waals surface area contributed by atoms with Gasteiger partial charge in [0.2, 0.25) is 17.8 Å². The third kappa shape index (κ3) is 18.8. The van der Waals surface area contributed by atoms with E-state index in [2.05, 4.69) is 92.3 Å². The molecular formula is C62H70F4N28O27P6S6. The molecule has 20 N–H and O–H groups in total. The molecule has 0 aliphatic carbocycles. The second kappa shape index (κ2) is 36.2. The van der Waals surface area contributed by atoms with Crippen molar-refractivity contribution in [3.05, 3.63) is 99.5 Å². The number of rotatable bonds is 6. The second-order valence-corrected chi connectivity index (χ2v) is 47.2. The van der Waals surface area contributed by atoms with Crippen LogP contribution in [0.2, 0.25) is 0 Å². The van der Waals surface area contributed by atoms with E-state index in [0.29, 0.717) is 22.4 Å². The van der Waals surface area contributed by atoms with Crippen molar-refractivity contribution < 1.29 is 129 Å². The van der Waals surface area contributed by atoms with Crippen LogP contribution >= 0.6 is 52.6 Å². The number of nitrogen functional groups attached to an aromatic ring is 6. The number of anilines is 6. The van der Waals surface area contributed by atoms with Crippen LogP contribution in [0, 0.1) is 0 Å². The number of pyridine rings is 3. The lowest BCUT2D eigenvalue weighted by atomic mass is 10.1. The quantitative estimate of drug-likeness (QED) is 0.0639. The van der Waals surface area contributed by atoms with Crippen LogP contribution in [-0.2, 0) is 146 Å². The van der Waals surface area contributed by atoms with Gasteiger partial charge in [0.25, 0.3) is 16.7 Å². The summed E-state index contributed by atoms with van der Waals surface area (Å²) in [5, 5.41) is 7.82. The molecule has 9 aliphatic heterocycles. The van der Waals surface area contributed by atoms with Gasteiger partial charge in [-0.3, -0.25) is 74.8 Å². The SMILES string of the molecule is Nc1nc2c(ncn2[C@@H]2O[C@@H]3COP(=O)(S)O[C@@H]4C(F)[C@H](n5cnc6c(N)ccnc65)O[C@@H]4COP(O)(=S)OC2C3)c(=O)[nH]1.Nc1nc2c(ncn2[C@@H]2O[C@@H]3COP(O)(=S)OC4C(F)[C@H](n5cnc6c(N)ccnc65)O[C@@H]4COP(O)(=S)OC2C3)c(=O)[nH]1.Nc1nc2c(ncn2[C@@H]2O[C@@H]3COP(O)(=S)O[C@H]4[C@H](F)[C@H](n5nnc6c(N)ccnc65)O[C@@H]4COP(O)(=S)O[C@@H]2[C@@H]3F)c(=O)[nH]1. The van der Waals surface area contributed by atoms with E-state index in [1.54, 1.807) is 12.1 Å². The molecule has 9 saturated heterocycles. The molecule has 133 heavy (non-hydrogen) atoms. The molecule has 0 spiro atoms. The number of ether oxygens (including phenoxy) is 6. The van der Waals surface area contributed by atoms with Gasteiger partial charge >= 0.3 is 40.4 Å². The Morgan fingerprint density at radius 1 is 0.368 bits per heavy atom. The maximum atomic E-state index is 16.0. The highest BCUT2D eigenvalue weighted by Crippen LogP contribution is 2.61. The number of halogens is 4. The van der Waals surface area contributed by atoms with Crippen LogP contribution < -0.4 is 51.1 Å². The Morgan fingerprint density at radius 3 is 1.14 bits per heavy atom. The number of nitrogens with two attached hydrogens (primary N) is 6. The van der Waals surface area contributed by atoms with Crippen molar-refractivity contribution >= 4 is 214 Å². The first kappa shape index (κ1) is 94.2. The normalized spacial score (nSPS) is 36.9. The molecule has 0 saturated carbocycles. The number of thiol groups is 1. The van der Waals surface area contributed by atoms with E-state index in [0.717, 1.165) is 15.6 Å². The minimum atomic E-state index is -4.36. The van der Waals surface area contributed by atoms with E-state index in [1.165, 1.54) is 68.2 Å². The fourth-order valence-electron chi connectivity index (χ4n) is 15.9. The van der Waals surface area contributed by atoms with Gasteiger partial charge in [-0.2, -0.15) is 19.6 Å². The Labute approximate surface area is 767 Å². The molecule has 11 unspecified atom stereocenters. The molecule has 9 aliphatic rings. The number of H-pyrrole nitrogens is 3. The topological polar surface area (TPSA) is 736 Å². The van der Waals surface area contributed by atoms with Crippen LogP contribution in [0.5, 0.6) is 0 Å². The number of hydrogen-bond acceptors (Lipinski definition) is 46. The summed E-state index contributed by atoms with van der Waals surface area (Å²) in [6.45, 7) is -28.3. The molecule has 0 aromatic carbocycles. The van der Waals surface area contributed by atoms with Gasteiger partial charge in [-0.1, -0.05) is 17.5 Å². The van der Waals surface area contributed by atoms with Crippen LogP contribution in [0.25, 0.3) is 67.0 Å². The number of aromatic nitrogens is 22. The molecule has 28 atom stereocenters.